The fraction of sp³-hybridized carbons (Fsp3) is 0.286. The van der Waals surface area contributed by atoms with Crippen LogP contribution in [0.3, 0.4) is 0 Å². The number of hydrogen-bond acceptors (Lipinski definition) is 3. The number of aromatic nitrogens is 2. The first-order chi connectivity index (χ1) is 14.9. The highest BCUT2D eigenvalue weighted by atomic mass is 35.5. The molecule has 3 aromatic rings. The van der Waals surface area contributed by atoms with E-state index in [9.17, 15) is 18.4 Å². The van der Waals surface area contributed by atoms with Gasteiger partial charge < -0.3 is 20.1 Å². The van der Waals surface area contributed by atoms with Gasteiger partial charge in [0.25, 0.3) is 12.3 Å². The number of halogens is 3. The molecule has 0 atom stereocenters. The van der Waals surface area contributed by atoms with Gasteiger partial charge in [0.15, 0.2) is 5.82 Å². The van der Waals surface area contributed by atoms with Crippen molar-refractivity contribution in [3.8, 4) is 0 Å². The Bertz CT molecular complexity index is 1100. The Morgan fingerprint density at radius 3 is 2.48 bits per heavy atom. The fourth-order valence-electron chi connectivity index (χ4n) is 3.51. The van der Waals surface area contributed by atoms with E-state index in [0.717, 1.165) is 0 Å². The number of imidazole rings is 1. The monoisotopic (exact) mass is 447 g/mol. The lowest BCUT2D eigenvalue weighted by molar-refractivity contribution is 0.0763. The molecule has 0 radical (unpaired) electrons. The molecule has 10 heteroatoms. The minimum Gasteiger partial charge on any atom is -0.337 e. The lowest BCUT2D eigenvalue weighted by atomic mass is 10.1. The SMILES string of the molecule is O=C(Nc1ccc(Cl)cc1)N1CCCN(C(=O)c2ccc3nc(C(F)F)[nH]c3c2)CC1. The number of nitrogens with one attached hydrogen (secondary N) is 2. The molecule has 0 saturated carbocycles. The number of anilines is 1. The number of rotatable bonds is 3. The van der Waals surface area contributed by atoms with E-state index >= 15 is 0 Å². The van der Waals surface area contributed by atoms with Crippen LogP contribution in [0, 0.1) is 0 Å². The number of amides is 3. The lowest BCUT2D eigenvalue weighted by Gasteiger charge is -2.22. The molecule has 1 aromatic heterocycles. The van der Waals surface area contributed by atoms with Gasteiger partial charge >= 0.3 is 6.03 Å². The highest BCUT2D eigenvalue weighted by Gasteiger charge is 2.23. The van der Waals surface area contributed by atoms with Gasteiger partial charge in [-0.2, -0.15) is 0 Å². The molecule has 1 aliphatic rings. The summed E-state index contributed by atoms with van der Waals surface area (Å²) >= 11 is 5.86. The third-order valence-electron chi connectivity index (χ3n) is 5.12. The van der Waals surface area contributed by atoms with Gasteiger partial charge in [0.2, 0.25) is 0 Å². The molecular formula is C21H20ClF2N5O2. The van der Waals surface area contributed by atoms with Crippen LogP contribution in [0.4, 0.5) is 19.3 Å². The lowest BCUT2D eigenvalue weighted by Crippen LogP contribution is -2.39. The van der Waals surface area contributed by atoms with Crippen LogP contribution in [0.1, 0.15) is 29.0 Å². The van der Waals surface area contributed by atoms with Crippen LogP contribution in [-0.2, 0) is 0 Å². The van der Waals surface area contributed by atoms with Crippen LogP contribution >= 0.6 is 11.6 Å². The van der Waals surface area contributed by atoms with Gasteiger partial charge in [-0.05, 0) is 48.9 Å². The summed E-state index contributed by atoms with van der Waals surface area (Å²) in [5.74, 6) is -0.633. The van der Waals surface area contributed by atoms with Crippen LogP contribution in [0.25, 0.3) is 11.0 Å². The Kier molecular flexibility index (Phi) is 6.03. The number of carbonyl (C=O) groups is 2. The average Bonchev–Trinajstić information content (AvgIpc) is 3.03. The molecule has 1 aliphatic heterocycles. The molecule has 1 fully saturated rings. The normalized spacial score (nSPS) is 14.7. The van der Waals surface area contributed by atoms with E-state index in [1.165, 1.54) is 6.07 Å². The zero-order valence-electron chi connectivity index (χ0n) is 16.4. The Morgan fingerprint density at radius 1 is 1.03 bits per heavy atom. The summed E-state index contributed by atoms with van der Waals surface area (Å²) in [5.41, 5.74) is 1.80. The van der Waals surface area contributed by atoms with Gasteiger partial charge in [0.05, 0.1) is 11.0 Å². The second-order valence-corrected chi connectivity index (χ2v) is 7.66. The molecule has 2 heterocycles. The first kappa shape index (κ1) is 21.0. The maximum absolute atomic E-state index is 12.9. The second-order valence-electron chi connectivity index (χ2n) is 7.22. The van der Waals surface area contributed by atoms with E-state index in [2.05, 4.69) is 15.3 Å². The van der Waals surface area contributed by atoms with E-state index in [-0.39, 0.29) is 11.9 Å². The zero-order valence-corrected chi connectivity index (χ0v) is 17.2. The van der Waals surface area contributed by atoms with Crippen molar-refractivity contribution in [1.82, 2.24) is 19.8 Å². The molecule has 7 nitrogen and oxygen atoms in total. The Labute approximate surface area is 182 Å². The summed E-state index contributed by atoms with van der Waals surface area (Å²) in [4.78, 5) is 35.2. The molecule has 0 aliphatic carbocycles. The Balaban J connectivity index is 1.40. The minimum atomic E-state index is -2.71. The summed E-state index contributed by atoms with van der Waals surface area (Å²) in [6.45, 7) is 1.76. The summed E-state index contributed by atoms with van der Waals surface area (Å²) in [7, 11) is 0. The maximum atomic E-state index is 12.9. The van der Waals surface area contributed by atoms with Crippen LogP contribution in [-0.4, -0.2) is 57.9 Å². The second kappa shape index (κ2) is 8.89. The quantitative estimate of drug-likeness (QED) is 0.618. The highest BCUT2D eigenvalue weighted by Crippen LogP contribution is 2.21. The topological polar surface area (TPSA) is 81.3 Å². The van der Waals surface area contributed by atoms with Gasteiger partial charge in [-0.3, -0.25) is 4.79 Å². The van der Waals surface area contributed by atoms with Gasteiger partial charge in [0.1, 0.15) is 0 Å². The van der Waals surface area contributed by atoms with E-state index in [4.69, 9.17) is 11.6 Å². The molecule has 3 amide bonds. The summed E-state index contributed by atoms with van der Waals surface area (Å²) < 4.78 is 25.7. The van der Waals surface area contributed by atoms with Gasteiger partial charge in [-0.15, -0.1) is 0 Å². The summed E-state index contributed by atoms with van der Waals surface area (Å²) in [6, 6.07) is 11.3. The summed E-state index contributed by atoms with van der Waals surface area (Å²) in [6.07, 6.45) is -2.08. The Hall–Kier alpha value is -3.20. The van der Waals surface area contributed by atoms with Crippen molar-refractivity contribution in [3.05, 3.63) is 58.9 Å². The number of alkyl halides is 2. The van der Waals surface area contributed by atoms with Crippen molar-refractivity contribution in [1.29, 1.82) is 0 Å². The highest BCUT2D eigenvalue weighted by molar-refractivity contribution is 6.30. The van der Waals surface area contributed by atoms with Gasteiger partial charge in [0, 0.05) is 42.5 Å². The molecule has 2 N–H and O–H groups in total. The molecule has 31 heavy (non-hydrogen) atoms. The van der Waals surface area contributed by atoms with Crippen LogP contribution in [0.15, 0.2) is 42.5 Å². The fourth-order valence-corrected chi connectivity index (χ4v) is 3.63. The molecule has 0 unspecified atom stereocenters. The standard InChI is InChI=1S/C21H20ClF2N5O2/c22-14-3-5-15(6-4-14)25-21(31)29-9-1-8-28(10-11-29)20(30)13-2-7-16-17(12-13)27-19(26-16)18(23)24/h2-7,12,18H,1,8-11H2,(H,25,31)(H,26,27). The van der Waals surface area contributed by atoms with Gasteiger partial charge in [-0.25, -0.2) is 18.6 Å². The predicted molar refractivity (Wildman–Crippen MR) is 114 cm³/mol. The van der Waals surface area contributed by atoms with Crippen molar-refractivity contribution >= 4 is 40.3 Å². The molecule has 0 bridgehead atoms. The van der Waals surface area contributed by atoms with Crippen LogP contribution in [0.5, 0.6) is 0 Å². The van der Waals surface area contributed by atoms with Crippen molar-refractivity contribution in [2.24, 2.45) is 0 Å². The first-order valence-electron chi connectivity index (χ1n) is 9.79. The first-order valence-corrected chi connectivity index (χ1v) is 10.2. The summed E-state index contributed by atoms with van der Waals surface area (Å²) in [5, 5.41) is 3.41. The van der Waals surface area contributed by atoms with Crippen LogP contribution < -0.4 is 5.32 Å². The molecule has 162 valence electrons. The zero-order chi connectivity index (χ0) is 22.0. The number of carbonyl (C=O) groups excluding carboxylic acids is 2. The minimum absolute atomic E-state index is 0.213. The third-order valence-corrected chi connectivity index (χ3v) is 5.37. The number of urea groups is 1. The van der Waals surface area contributed by atoms with E-state index in [1.807, 2.05) is 0 Å². The molecule has 2 aromatic carbocycles. The predicted octanol–water partition coefficient (Wildman–Crippen LogP) is 4.53. The largest absolute Gasteiger partial charge is 0.337 e. The number of fused-ring (bicyclic) bond motifs is 1. The van der Waals surface area contributed by atoms with Crippen molar-refractivity contribution in [2.75, 3.05) is 31.5 Å². The maximum Gasteiger partial charge on any atom is 0.321 e. The van der Waals surface area contributed by atoms with E-state index in [0.29, 0.717) is 59.9 Å². The van der Waals surface area contributed by atoms with Crippen molar-refractivity contribution in [2.45, 2.75) is 12.8 Å². The van der Waals surface area contributed by atoms with E-state index in [1.54, 1.807) is 46.2 Å². The molecule has 1 saturated heterocycles. The average molecular weight is 448 g/mol. The smallest absolute Gasteiger partial charge is 0.321 e. The number of hydrogen-bond donors (Lipinski definition) is 2. The third kappa shape index (κ3) is 4.77. The van der Waals surface area contributed by atoms with Crippen molar-refractivity contribution < 1.29 is 18.4 Å². The molecular weight excluding hydrogens is 428 g/mol. The van der Waals surface area contributed by atoms with Crippen molar-refractivity contribution in [3.63, 3.8) is 0 Å². The van der Waals surface area contributed by atoms with E-state index < -0.39 is 12.2 Å². The number of aromatic amines is 1. The molecule has 4 rings (SSSR count). The number of benzene rings is 2. The van der Waals surface area contributed by atoms with Gasteiger partial charge in [-0.1, -0.05) is 11.6 Å². The number of H-pyrrole nitrogens is 1. The Morgan fingerprint density at radius 2 is 1.74 bits per heavy atom. The number of nitrogens with zero attached hydrogens (tertiary/aromatic N) is 3. The molecule has 0 spiro atoms. The van der Waals surface area contributed by atoms with Crippen LogP contribution in [0.2, 0.25) is 5.02 Å².